The molecule has 1 heterocycles. The predicted molar refractivity (Wildman–Crippen MR) is 75.0 cm³/mol. The fourth-order valence-corrected chi connectivity index (χ4v) is 2.25. The molecule has 0 aromatic heterocycles. The Kier molecular flexibility index (Phi) is 5.69. The van der Waals surface area contributed by atoms with Gasteiger partial charge in [-0.05, 0) is 31.0 Å². The molecule has 1 fully saturated rings. The summed E-state index contributed by atoms with van der Waals surface area (Å²) in [6, 6.07) is 3.51. The molecule has 1 aliphatic rings. The zero-order valence-electron chi connectivity index (χ0n) is 12.1. The Labute approximate surface area is 128 Å². The maximum absolute atomic E-state index is 13.0. The number of benzene rings is 1. The first-order valence-electron chi connectivity index (χ1n) is 7.07. The fourth-order valence-electron chi connectivity index (χ4n) is 2.25. The minimum absolute atomic E-state index is 0.0768. The summed E-state index contributed by atoms with van der Waals surface area (Å²) in [5, 5.41) is 0. The van der Waals surface area contributed by atoms with E-state index in [1.807, 2.05) is 5.92 Å². The highest BCUT2D eigenvalue weighted by Gasteiger charge is 2.34. The SMILES string of the molecule is [C]#Cc1ccc(OCCCN2CCOCC2)c(C(F)(F)F)c1. The average Bonchev–Trinajstić information content (AvgIpc) is 2.51. The van der Waals surface area contributed by atoms with Gasteiger partial charge in [0.05, 0.1) is 25.4 Å². The molecule has 1 saturated heterocycles. The maximum Gasteiger partial charge on any atom is 0.420 e. The molecule has 1 aliphatic heterocycles. The molecular weight excluding hydrogens is 295 g/mol. The molecule has 0 N–H and O–H groups in total. The van der Waals surface area contributed by atoms with E-state index in [-0.39, 0.29) is 17.9 Å². The van der Waals surface area contributed by atoms with Gasteiger partial charge in [0, 0.05) is 25.2 Å². The first kappa shape index (κ1) is 16.7. The summed E-state index contributed by atoms with van der Waals surface area (Å²) in [6.07, 6.45) is 3.06. The fraction of sp³-hybridized carbons (Fsp3) is 0.500. The number of rotatable bonds is 5. The van der Waals surface area contributed by atoms with E-state index in [9.17, 15) is 13.2 Å². The van der Waals surface area contributed by atoms with Gasteiger partial charge in [-0.25, -0.2) is 0 Å². The molecule has 3 nitrogen and oxygen atoms in total. The van der Waals surface area contributed by atoms with Crippen LogP contribution in [0.25, 0.3) is 0 Å². The summed E-state index contributed by atoms with van der Waals surface area (Å²) in [4.78, 5) is 2.20. The van der Waals surface area contributed by atoms with Crippen LogP contribution in [0.5, 0.6) is 5.75 Å². The van der Waals surface area contributed by atoms with Gasteiger partial charge in [-0.2, -0.15) is 13.2 Å². The van der Waals surface area contributed by atoms with Crippen molar-refractivity contribution < 1.29 is 22.6 Å². The second-order valence-electron chi connectivity index (χ2n) is 4.99. The van der Waals surface area contributed by atoms with E-state index in [2.05, 4.69) is 4.90 Å². The molecule has 1 radical (unpaired) electrons. The smallest absolute Gasteiger partial charge is 0.420 e. The Morgan fingerprint density at radius 2 is 2.00 bits per heavy atom. The largest absolute Gasteiger partial charge is 0.493 e. The molecule has 119 valence electrons. The van der Waals surface area contributed by atoms with Crippen molar-refractivity contribution in [2.75, 3.05) is 39.5 Å². The van der Waals surface area contributed by atoms with E-state index < -0.39 is 11.7 Å². The van der Waals surface area contributed by atoms with Gasteiger partial charge >= 0.3 is 6.18 Å². The molecule has 22 heavy (non-hydrogen) atoms. The lowest BCUT2D eigenvalue weighted by Gasteiger charge is -2.26. The van der Waals surface area contributed by atoms with Crippen LogP contribution in [0.2, 0.25) is 0 Å². The van der Waals surface area contributed by atoms with Gasteiger partial charge in [0.1, 0.15) is 5.75 Å². The van der Waals surface area contributed by atoms with Crippen molar-refractivity contribution in [3.8, 4) is 11.7 Å². The molecule has 2 rings (SSSR count). The molecule has 0 atom stereocenters. The molecule has 0 aliphatic carbocycles. The molecule has 6 heteroatoms. The maximum atomic E-state index is 13.0. The number of ether oxygens (including phenoxy) is 2. The van der Waals surface area contributed by atoms with Crippen molar-refractivity contribution in [1.29, 1.82) is 0 Å². The second-order valence-corrected chi connectivity index (χ2v) is 4.99. The highest BCUT2D eigenvalue weighted by Crippen LogP contribution is 2.36. The molecule has 0 saturated carbocycles. The van der Waals surface area contributed by atoms with Gasteiger partial charge in [0.25, 0.3) is 0 Å². The zero-order chi connectivity index (χ0) is 16.0. The molecule has 0 amide bonds. The molecule has 0 unspecified atom stereocenters. The van der Waals surface area contributed by atoms with Crippen LogP contribution in [0.4, 0.5) is 13.2 Å². The lowest BCUT2D eigenvalue weighted by atomic mass is 10.1. The Bertz CT molecular complexity index is 531. The molecule has 1 aromatic carbocycles. The lowest BCUT2D eigenvalue weighted by Crippen LogP contribution is -2.37. The summed E-state index contributed by atoms with van der Waals surface area (Å²) in [6.45, 7) is 4.07. The topological polar surface area (TPSA) is 21.7 Å². The number of hydrogen-bond acceptors (Lipinski definition) is 3. The summed E-state index contributed by atoms with van der Waals surface area (Å²) in [5.74, 6) is 1.75. The van der Waals surface area contributed by atoms with E-state index in [1.165, 1.54) is 12.1 Å². The minimum atomic E-state index is -4.51. The standard InChI is InChI=1S/C16H17F3NO2/c1-2-13-4-5-15(14(12-13)16(17,18)19)22-9-3-6-20-7-10-21-11-8-20/h4-5,12H,3,6-11H2. The molecule has 0 bridgehead atoms. The van der Waals surface area contributed by atoms with Crippen LogP contribution in [0.3, 0.4) is 0 Å². The van der Waals surface area contributed by atoms with Crippen LogP contribution in [0, 0.1) is 12.3 Å². The van der Waals surface area contributed by atoms with Crippen molar-refractivity contribution in [3.63, 3.8) is 0 Å². The summed E-state index contributed by atoms with van der Waals surface area (Å²) >= 11 is 0. The Morgan fingerprint density at radius 1 is 1.27 bits per heavy atom. The number of nitrogens with zero attached hydrogens (tertiary/aromatic N) is 1. The number of hydrogen-bond donors (Lipinski definition) is 0. The number of morpholine rings is 1. The lowest BCUT2D eigenvalue weighted by molar-refractivity contribution is -0.139. The first-order chi connectivity index (χ1) is 10.5. The van der Waals surface area contributed by atoms with E-state index in [0.717, 1.165) is 25.7 Å². The van der Waals surface area contributed by atoms with Gasteiger partial charge in [-0.3, -0.25) is 4.90 Å². The van der Waals surface area contributed by atoms with Crippen LogP contribution < -0.4 is 4.74 Å². The summed E-state index contributed by atoms with van der Waals surface area (Å²) in [7, 11) is 0. The van der Waals surface area contributed by atoms with Gasteiger partial charge in [0.2, 0.25) is 0 Å². The molecule has 1 aromatic rings. The van der Waals surface area contributed by atoms with Crippen molar-refractivity contribution in [3.05, 3.63) is 35.7 Å². The minimum Gasteiger partial charge on any atom is -0.493 e. The van der Waals surface area contributed by atoms with Crippen molar-refractivity contribution in [2.45, 2.75) is 12.6 Å². The third-order valence-electron chi connectivity index (χ3n) is 3.41. The molecular formula is C16H17F3NO2. The van der Waals surface area contributed by atoms with Crippen LogP contribution in [0.1, 0.15) is 17.5 Å². The number of halogens is 3. The number of alkyl halides is 3. The first-order valence-corrected chi connectivity index (χ1v) is 7.07. The van der Waals surface area contributed by atoms with Gasteiger partial charge in [-0.15, -0.1) is 0 Å². The quantitative estimate of drug-likeness (QED) is 0.616. The van der Waals surface area contributed by atoms with Crippen molar-refractivity contribution in [1.82, 2.24) is 4.90 Å². The summed E-state index contributed by atoms with van der Waals surface area (Å²) in [5.41, 5.74) is -0.788. The Morgan fingerprint density at radius 3 is 2.64 bits per heavy atom. The normalized spacial score (nSPS) is 16.3. The monoisotopic (exact) mass is 312 g/mol. The summed E-state index contributed by atoms with van der Waals surface area (Å²) < 4.78 is 49.4. The van der Waals surface area contributed by atoms with Gasteiger partial charge in [0.15, 0.2) is 0 Å². The average molecular weight is 312 g/mol. The Balaban J connectivity index is 1.90. The van der Waals surface area contributed by atoms with Gasteiger partial charge < -0.3 is 9.47 Å². The van der Waals surface area contributed by atoms with Crippen LogP contribution in [0.15, 0.2) is 18.2 Å². The van der Waals surface area contributed by atoms with E-state index in [1.54, 1.807) is 0 Å². The predicted octanol–water partition coefficient (Wildman–Crippen LogP) is 2.74. The highest BCUT2D eigenvalue weighted by atomic mass is 19.4. The van der Waals surface area contributed by atoms with E-state index >= 15 is 0 Å². The van der Waals surface area contributed by atoms with E-state index in [0.29, 0.717) is 19.6 Å². The van der Waals surface area contributed by atoms with E-state index in [4.69, 9.17) is 15.9 Å². The molecule has 0 spiro atoms. The van der Waals surface area contributed by atoms with Crippen LogP contribution >= 0.6 is 0 Å². The zero-order valence-corrected chi connectivity index (χ0v) is 12.1. The Hall–Kier alpha value is -1.71. The third kappa shape index (κ3) is 4.65. The third-order valence-corrected chi connectivity index (χ3v) is 3.41. The van der Waals surface area contributed by atoms with Crippen molar-refractivity contribution >= 4 is 0 Å². The van der Waals surface area contributed by atoms with Crippen LogP contribution in [-0.2, 0) is 10.9 Å². The van der Waals surface area contributed by atoms with Gasteiger partial charge in [-0.1, -0.05) is 5.92 Å². The van der Waals surface area contributed by atoms with Crippen molar-refractivity contribution in [2.24, 2.45) is 0 Å². The second kappa shape index (κ2) is 7.52. The van der Waals surface area contributed by atoms with Crippen LogP contribution in [-0.4, -0.2) is 44.4 Å². The highest BCUT2D eigenvalue weighted by molar-refractivity contribution is 5.44.